The van der Waals surface area contributed by atoms with Crippen molar-refractivity contribution in [1.29, 1.82) is 0 Å². The normalized spacial score (nSPS) is 31.5. The fourth-order valence-corrected chi connectivity index (χ4v) is 6.24. The summed E-state index contributed by atoms with van der Waals surface area (Å²) in [6, 6.07) is 4.70. The van der Waals surface area contributed by atoms with Crippen LogP contribution < -0.4 is 5.73 Å². The van der Waals surface area contributed by atoms with Gasteiger partial charge in [0.15, 0.2) is 0 Å². The minimum atomic E-state index is -0.586. The molecule has 5 unspecified atom stereocenters. The van der Waals surface area contributed by atoms with Gasteiger partial charge in [-0.3, -0.25) is 4.79 Å². The number of amides is 2. The molecular weight excluding hydrogens is 423 g/mol. The molecule has 2 bridgehead atoms. The van der Waals surface area contributed by atoms with Crippen molar-refractivity contribution in [2.45, 2.75) is 58.6 Å². The van der Waals surface area contributed by atoms with Crippen molar-refractivity contribution in [1.82, 2.24) is 14.5 Å². The number of halogens is 1. The molecule has 1 aromatic carbocycles. The van der Waals surface area contributed by atoms with Crippen LogP contribution in [-0.4, -0.2) is 45.6 Å². The monoisotopic (exact) mass is 454 g/mol. The number of ether oxygens (including phenoxy) is 1. The summed E-state index contributed by atoms with van der Waals surface area (Å²) in [5.74, 6) is 0.416. The maximum atomic E-state index is 13.6. The maximum absolute atomic E-state index is 13.6. The number of nitrogens with zero attached hydrogens (tertiary/aromatic N) is 3. The van der Waals surface area contributed by atoms with Gasteiger partial charge in [0.2, 0.25) is 5.91 Å². The van der Waals surface area contributed by atoms with Crippen molar-refractivity contribution in [2.75, 3.05) is 13.1 Å². The van der Waals surface area contributed by atoms with Gasteiger partial charge in [0.25, 0.3) is 0 Å². The van der Waals surface area contributed by atoms with E-state index in [0.717, 1.165) is 24.2 Å². The van der Waals surface area contributed by atoms with Gasteiger partial charge in [0.1, 0.15) is 17.7 Å². The lowest BCUT2D eigenvalue weighted by Gasteiger charge is -2.45. The summed E-state index contributed by atoms with van der Waals surface area (Å²) in [7, 11) is 0. The van der Waals surface area contributed by atoms with Gasteiger partial charge >= 0.3 is 6.09 Å². The summed E-state index contributed by atoms with van der Waals surface area (Å²) in [5, 5.41) is 0. The van der Waals surface area contributed by atoms with Crippen molar-refractivity contribution in [2.24, 2.45) is 23.0 Å². The van der Waals surface area contributed by atoms with E-state index < -0.39 is 5.41 Å². The Morgan fingerprint density at radius 1 is 1.33 bits per heavy atom. The second-order valence-corrected chi connectivity index (χ2v) is 10.4. The molecule has 0 spiro atoms. The van der Waals surface area contributed by atoms with Crippen LogP contribution in [0.25, 0.3) is 11.0 Å². The van der Waals surface area contributed by atoms with Crippen molar-refractivity contribution in [3.8, 4) is 0 Å². The van der Waals surface area contributed by atoms with Gasteiger partial charge in [-0.1, -0.05) is 25.5 Å². The molecular formula is C25H31FN4O3. The zero-order valence-electron chi connectivity index (χ0n) is 19.4. The number of imidazole rings is 1. The molecule has 2 aliphatic carbocycles. The average Bonchev–Trinajstić information content (AvgIpc) is 3.33. The number of carbonyl (C=O) groups is 2. The zero-order chi connectivity index (χ0) is 23.5. The molecule has 2 amide bonds. The number of aromatic nitrogens is 2. The van der Waals surface area contributed by atoms with Gasteiger partial charge in [-0.05, 0) is 44.7 Å². The maximum Gasteiger partial charge on any atom is 0.410 e. The topological polar surface area (TPSA) is 90.4 Å². The highest BCUT2D eigenvalue weighted by atomic mass is 19.1. The van der Waals surface area contributed by atoms with E-state index in [4.69, 9.17) is 10.5 Å². The van der Waals surface area contributed by atoms with Crippen LogP contribution in [0.4, 0.5) is 9.18 Å². The van der Waals surface area contributed by atoms with Crippen molar-refractivity contribution >= 4 is 23.0 Å². The largest absolute Gasteiger partial charge is 0.445 e. The lowest BCUT2D eigenvalue weighted by molar-refractivity contribution is -0.129. The van der Waals surface area contributed by atoms with E-state index >= 15 is 0 Å². The Bertz CT molecular complexity index is 1160. The number of aryl methyl sites for hydroxylation is 1. The Kier molecular flexibility index (Phi) is 5.21. The Balaban J connectivity index is 1.30. The van der Waals surface area contributed by atoms with E-state index in [1.165, 1.54) is 17.7 Å². The highest BCUT2D eigenvalue weighted by Crippen LogP contribution is 2.48. The quantitative estimate of drug-likeness (QED) is 0.707. The van der Waals surface area contributed by atoms with Gasteiger partial charge in [0.05, 0.1) is 22.5 Å². The molecule has 33 heavy (non-hydrogen) atoms. The first kappa shape index (κ1) is 21.9. The van der Waals surface area contributed by atoms with Gasteiger partial charge in [0, 0.05) is 31.0 Å². The first-order chi connectivity index (χ1) is 15.6. The summed E-state index contributed by atoms with van der Waals surface area (Å²) < 4.78 is 21.8. The standard InChI is InChI=1S/C25H31FN4O3/c1-14-8-16-9-17(12-25(3,11-16)23(27)31)22(14)33-24(32)29-7-6-19(13-29)30-15(2)28-20-10-18(26)4-5-21(20)30/h4-5,8,10,14,17,19,22H,6-7,9,11-13H2,1-3H3,(H2,27,31). The Labute approximate surface area is 192 Å². The van der Waals surface area contributed by atoms with E-state index in [0.29, 0.717) is 31.4 Å². The van der Waals surface area contributed by atoms with Crippen LogP contribution in [0.3, 0.4) is 0 Å². The van der Waals surface area contributed by atoms with E-state index in [1.54, 1.807) is 11.0 Å². The van der Waals surface area contributed by atoms with Gasteiger partial charge in [-0.2, -0.15) is 0 Å². The summed E-state index contributed by atoms with van der Waals surface area (Å²) >= 11 is 0. The number of hydrogen-bond donors (Lipinski definition) is 1. The van der Waals surface area contributed by atoms with Crippen LogP contribution >= 0.6 is 0 Å². The lowest BCUT2D eigenvalue weighted by atomic mass is 9.62. The summed E-state index contributed by atoms with van der Waals surface area (Å²) in [4.78, 5) is 31.5. The molecule has 2 aromatic rings. The van der Waals surface area contributed by atoms with Crippen LogP contribution in [0.5, 0.6) is 0 Å². The smallest absolute Gasteiger partial charge is 0.410 e. The predicted molar refractivity (Wildman–Crippen MR) is 122 cm³/mol. The number of carbonyl (C=O) groups excluding carboxylic acids is 2. The van der Waals surface area contributed by atoms with Gasteiger partial charge in [-0.25, -0.2) is 14.2 Å². The number of rotatable bonds is 3. The summed E-state index contributed by atoms with van der Waals surface area (Å²) in [5.41, 5.74) is 7.86. The number of nitrogens with two attached hydrogens (primary N) is 1. The van der Waals surface area contributed by atoms with Gasteiger partial charge < -0.3 is 19.9 Å². The fourth-order valence-electron chi connectivity index (χ4n) is 6.24. The minimum absolute atomic E-state index is 0.0659. The Morgan fingerprint density at radius 3 is 2.88 bits per heavy atom. The third-order valence-electron chi connectivity index (χ3n) is 7.78. The molecule has 2 N–H and O–H groups in total. The fraction of sp³-hybridized carbons (Fsp3) is 0.560. The van der Waals surface area contributed by atoms with Crippen molar-refractivity contribution in [3.05, 3.63) is 41.5 Å². The van der Waals surface area contributed by atoms with Crippen LogP contribution in [0.1, 0.15) is 51.4 Å². The molecule has 8 heteroatoms. The SMILES string of the molecule is Cc1nc2cc(F)ccc2n1C1CCN(C(=O)OC2C(C)C=C3CC2CC(C)(C(N)=O)C3)C1. The number of hydrogen-bond acceptors (Lipinski definition) is 4. The molecule has 1 aliphatic heterocycles. The zero-order valence-corrected chi connectivity index (χ0v) is 19.4. The molecule has 1 saturated carbocycles. The predicted octanol–water partition coefficient (Wildman–Crippen LogP) is 4.10. The minimum Gasteiger partial charge on any atom is -0.445 e. The lowest BCUT2D eigenvalue weighted by Crippen LogP contribution is -2.47. The first-order valence-electron chi connectivity index (χ1n) is 11.7. The average molecular weight is 455 g/mol. The van der Waals surface area contributed by atoms with Crippen LogP contribution in [0.15, 0.2) is 29.8 Å². The molecule has 2 heterocycles. The molecule has 5 atom stereocenters. The first-order valence-corrected chi connectivity index (χ1v) is 11.7. The second-order valence-electron chi connectivity index (χ2n) is 10.4. The van der Waals surface area contributed by atoms with E-state index in [2.05, 4.69) is 22.6 Å². The number of allylic oxidation sites excluding steroid dienone is 1. The molecule has 176 valence electrons. The molecule has 1 saturated heterocycles. The van der Waals surface area contributed by atoms with Crippen LogP contribution in [0, 0.1) is 30.0 Å². The molecule has 0 radical (unpaired) electrons. The Morgan fingerprint density at radius 2 is 2.12 bits per heavy atom. The highest BCUT2D eigenvalue weighted by Gasteiger charge is 2.46. The highest BCUT2D eigenvalue weighted by molar-refractivity contribution is 5.81. The molecule has 2 fully saturated rings. The number of likely N-dealkylation sites (tertiary alicyclic amines) is 1. The summed E-state index contributed by atoms with van der Waals surface area (Å²) in [6.45, 7) is 7.01. The van der Waals surface area contributed by atoms with Crippen LogP contribution in [-0.2, 0) is 9.53 Å². The third-order valence-corrected chi connectivity index (χ3v) is 7.78. The van der Waals surface area contributed by atoms with Gasteiger partial charge in [-0.15, -0.1) is 0 Å². The second kappa shape index (κ2) is 7.85. The van der Waals surface area contributed by atoms with Crippen molar-refractivity contribution < 1.29 is 18.7 Å². The van der Waals surface area contributed by atoms with E-state index in [1.807, 2.05) is 13.8 Å². The molecule has 5 rings (SSSR count). The molecule has 1 aromatic heterocycles. The molecule has 3 aliphatic rings. The Hall–Kier alpha value is -2.90. The van der Waals surface area contributed by atoms with Crippen molar-refractivity contribution in [3.63, 3.8) is 0 Å². The summed E-state index contributed by atoms with van der Waals surface area (Å²) in [6.07, 6.45) is 4.54. The molecule has 7 nitrogen and oxygen atoms in total. The number of primary amides is 1. The number of benzene rings is 1. The number of fused-ring (bicyclic) bond motifs is 3. The van der Waals surface area contributed by atoms with Crippen LogP contribution in [0.2, 0.25) is 0 Å². The van der Waals surface area contributed by atoms with E-state index in [9.17, 15) is 14.0 Å². The third kappa shape index (κ3) is 3.79. The van der Waals surface area contributed by atoms with E-state index in [-0.39, 0.29) is 41.8 Å².